The Morgan fingerprint density at radius 1 is 1.25 bits per heavy atom. The zero-order valence-corrected chi connectivity index (χ0v) is 10.3. The number of aryl methyl sites for hydroxylation is 1. The molecule has 0 spiro atoms. The molecule has 0 bridgehead atoms. The molecule has 86 valence electrons. The van der Waals surface area contributed by atoms with Crippen LogP contribution in [0.25, 0.3) is 10.9 Å². The summed E-state index contributed by atoms with van der Waals surface area (Å²) in [4.78, 5) is 0. The van der Waals surface area contributed by atoms with Gasteiger partial charge in [0, 0.05) is 28.1 Å². The molecule has 0 aliphatic carbocycles. The van der Waals surface area contributed by atoms with Crippen molar-refractivity contribution in [1.82, 2.24) is 4.57 Å². The maximum absolute atomic E-state index is 12.5. The number of benzene rings is 1. The standard InChI is InChI=1S/C11H9BrF3N/c1-6-10(12)8-5-7(11(13,14)15)3-4-9(8)16(6)2/h3-5H,1-2H3. The molecule has 0 fully saturated rings. The van der Waals surface area contributed by atoms with E-state index >= 15 is 0 Å². The van der Waals surface area contributed by atoms with E-state index in [-0.39, 0.29) is 0 Å². The van der Waals surface area contributed by atoms with Crippen LogP contribution in [0.3, 0.4) is 0 Å². The first-order chi connectivity index (χ1) is 7.32. The van der Waals surface area contributed by atoms with Gasteiger partial charge in [-0.25, -0.2) is 0 Å². The zero-order chi connectivity index (χ0) is 12.1. The van der Waals surface area contributed by atoms with Gasteiger partial charge in [0.15, 0.2) is 0 Å². The third kappa shape index (κ3) is 1.63. The predicted octanol–water partition coefficient (Wildman–Crippen LogP) is 4.27. The van der Waals surface area contributed by atoms with Gasteiger partial charge < -0.3 is 4.57 Å². The number of fused-ring (bicyclic) bond motifs is 1. The highest BCUT2D eigenvalue weighted by molar-refractivity contribution is 9.10. The van der Waals surface area contributed by atoms with Gasteiger partial charge in [0.1, 0.15) is 0 Å². The van der Waals surface area contributed by atoms with E-state index in [0.29, 0.717) is 5.39 Å². The average Bonchev–Trinajstić information content (AvgIpc) is 2.43. The molecule has 0 unspecified atom stereocenters. The van der Waals surface area contributed by atoms with Crippen LogP contribution in [0.15, 0.2) is 22.7 Å². The number of aromatic nitrogens is 1. The second-order valence-electron chi connectivity index (χ2n) is 3.69. The Bertz CT molecular complexity index is 554. The Labute approximate surface area is 99.0 Å². The first-order valence-corrected chi connectivity index (χ1v) is 5.43. The lowest BCUT2D eigenvalue weighted by Crippen LogP contribution is -2.04. The van der Waals surface area contributed by atoms with Gasteiger partial charge in [0.05, 0.1) is 5.56 Å². The fraction of sp³-hybridized carbons (Fsp3) is 0.273. The largest absolute Gasteiger partial charge is 0.416 e. The van der Waals surface area contributed by atoms with Crippen molar-refractivity contribution in [1.29, 1.82) is 0 Å². The minimum absolute atomic E-state index is 0.592. The molecule has 0 aliphatic heterocycles. The van der Waals surface area contributed by atoms with Crippen molar-refractivity contribution in [2.24, 2.45) is 7.05 Å². The van der Waals surface area contributed by atoms with Gasteiger partial charge in [-0.3, -0.25) is 0 Å². The van der Waals surface area contributed by atoms with Crippen LogP contribution in [0.4, 0.5) is 13.2 Å². The molecule has 5 heteroatoms. The van der Waals surface area contributed by atoms with Crippen LogP contribution < -0.4 is 0 Å². The Kier molecular flexibility index (Phi) is 2.53. The summed E-state index contributed by atoms with van der Waals surface area (Å²) < 4.78 is 40.2. The Balaban J connectivity index is 2.77. The van der Waals surface area contributed by atoms with E-state index in [2.05, 4.69) is 15.9 Å². The first kappa shape index (κ1) is 11.5. The number of alkyl halides is 3. The molecule has 0 amide bonds. The van der Waals surface area contributed by atoms with Crippen molar-refractivity contribution in [2.75, 3.05) is 0 Å². The fourth-order valence-electron chi connectivity index (χ4n) is 1.70. The summed E-state index contributed by atoms with van der Waals surface area (Å²) in [6.07, 6.45) is -4.29. The molecule has 0 radical (unpaired) electrons. The third-order valence-electron chi connectivity index (χ3n) is 2.74. The quantitative estimate of drug-likeness (QED) is 0.683. The number of hydrogen-bond donors (Lipinski definition) is 0. The third-order valence-corrected chi connectivity index (χ3v) is 3.74. The van der Waals surface area contributed by atoms with Gasteiger partial charge in [0.2, 0.25) is 0 Å². The summed E-state index contributed by atoms with van der Waals surface area (Å²) in [6, 6.07) is 3.77. The van der Waals surface area contributed by atoms with Gasteiger partial charge in [-0.15, -0.1) is 0 Å². The highest BCUT2D eigenvalue weighted by Gasteiger charge is 2.31. The zero-order valence-electron chi connectivity index (χ0n) is 8.69. The van der Waals surface area contributed by atoms with Crippen molar-refractivity contribution in [3.8, 4) is 0 Å². The lowest BCUT2D eigenvalue weighted by Gasteiger charge is -2.06. The normalized spacial score (nSPS) is 12.4. The van der Waals surface area contributed by atoms with Gasteiger partial charge >= 0.3 is 6.18 Å². The average molecular weight is 292 g/mol. The fourth-order valence-corrected chi connectivity index (χ4v) is 2.29. The predicted molar refractivity (Wildman–Crippen MR) is 60.4 cm³/mol. The molecular weight excluding hydrogens is 283 g/mol. The Morgan fingerprint density at radius 3 is 2.44 bits per heavy atom. The first-order valence-electron chi connectivity index (χ1n) is 4.64. The Morgan fingerprint density at radius 2 is 1.88 bits per heavy atom. The van der Waals surface area contributed by atoms with Gasteiger partial charge in [-0.2, -0.15) is 13.2 Å². The van der Waals surface area contributed by atoms with E-state index in [4.69, 9.17) is 0 Å². The van der Waals surface area contributed by atoms with E-state index in [1.807, 2.05) is 18.5 Å². The molecule has 1 heterocycles. The van der Waals surface area contributed by atoms with Gasteiger partial charge in [-0.1, -0.05) is 0 Å². The summed E-state index contributed by atoms with van der Waals surface area (Å²) in [6.45, 7) is 1.86. The lowest BCUT2D eigenvalue weighted by molar-refractivity contribution is -0.137. The number of rotatable bonds is 0. The topological polar surface area (TPSA) is 4.93 Å². The maximum Gasteiger partial charge on any atom is 0.416 e. The molecule has 0 saturated carbocycles. The van der Waals surface area contributed by atoms with Crippen LogP contribution in [0.5, 0.6) is 0 Å². The summed E-state index contributed by atoms with van der Waals surface area (Å²) in [5.41, 5.74) is 1.08. The summed E-state index contributed by atoms with van der Waals surface area (Å²) in [5.74, 6) is 0. The molecule has 1 aromatic heterocycles. The molecular formula is C11H9BrF3N. The van der Waals surface area contributed by atoms with Crippen molar-refractivity contribution < 1.29 is 13.2 Å². The molecule has 0 atom stereocenters. The molecule has 2 rings (SSSR count). The molecule has 16 heavy (non-hydrogen) atoms. The summed E-state index contributed by atoms with van der Waals surface area (Å²) in [7, 11) is 1.83. The highest BCUT2D eigenvalue weighted by atomic mass is 79.9. The molecule has 0 saturated heterocycles. The van der Waals surface area contributed by atoms with Crippen molar-refractivity contribution in [3.05, 3.63) is 33.9 Å². The second kappa shape index (κ2) is 3.52. The highest BCUT2D eigenvalue weighted by Crippen LogP contribution is 2.35. The molecule has 2 aromatic rings. The van der Waals surface area contributed by atoms with E-state index in [1.54, 1.807) is 0 Å². The molecule has 1 nitrogen and oxygen atoms in total. The van der Waals surface area contributed by atoms with Crippen molar-refractivity contribution in [2.45, 2.75) is 13.1 Å². The minimum Gasteiger partial charge on any atom is -0.347 e. The monoisotopic (exact) mass is 291 g/mol. The summed E-state index contributed by atoms with van der Waals surface area (Å²) in [5, 5.41) is 0.592. The van der Waals surface area contributed by atoms with Crippen molar-refractivity contribution in [3.63, 3.8) is 0 Å². The molecule has 0 aliphatic rings. The number of nitrogens with zero attached hydrogens (tertiary/aromatic N) is 1. The SMILES string of the molecule is Cc1c(Br)c2cc(C(F)(F)F)ccc2n1C. The second-order valence-corrected chi connectivity index (χ2v) is 4.48. The van der Waals surface area contributed by atoms with E-state index in [9.17, 15) is 13.2 Å². The smallest absolute Gasteiger partial charge is 0.347 e. The van der Waals surface area contributed by atoms with Crippen molar-refractivity contribution >= 4 is 26.8 Å². The van der Waals surface area contributed by atoms with Crippen LogP contribution >= 0.6 is 15.9 Å². The van der Waals surface area contributed by atoms with E-state index < -0.39 is 11.7 Å². The Hall–Kier alpha value is -0.970. The number of halogens is 4. The minimum atomic E-state index is -4.29. The van der Waals surface area contributed by atoms with Gasteiger partial charge in [-0.05, 0) is 41.1 Å². The van der Waals surface area contributed by atoms with E-state index in [1.165, 1.54) is 12.1 Å². The van der Waals surface area contributed by atoms with Crippen LogP contribution in [-0.4, -0.2) is 4.57 Å². The van der Waals surface area contributed by atoms with Crippen LogP contribution in [-0.2, 0) is 13.2 Å². The maximum atomic E-state index is 12.5. The molecule has 1 aromatic carbocycles. The van der Waals surface area contributed by atoms with Gasteiger partial charge in [0.25, 0.3) is 0 Å². The summed E-state index contributed by atoms with van der Waals surface area (Å²) >= 11 is 3.31. The van der Waals surface area contributed by atoms with E-state index in [0.717, 1.165) is 21.7 Å². The van der Waals surface area contributed by atoms with Crippen LogP contribution in [0, 0.1) is 6.92 Å². The van der Waals surface area contributed by atoms with Crippen LogP contribution in [0.2, 0.25) is 0 Å². The number of hydrogen-bond acceptors (Lipinski definition) is 0. The van der Waals surface area contributed by atoms with Crippen LogP contribution in [0.1, 0.15) is 11.3 Å². The molecule has 0 N–H and O–H groups in total. The lowest BCUT2D eigenvalue weighted by atomic mass is 10.1.